The Morgan fingerprint density at radius 2 is 1.71 bits per heavy atom. The summed E-state index contributed by atoms with van der Waals surface area (Å²) in [7, 11) is -1.36. The van der Waals surface area contributed by atoms with E-state index < -0.39 is 21.3 Å². The standard InChI is InChI=1S/C30H28F3N7O3S2/c1-40-26-11-10-22(16-25(26)38-29(40)39-27(41)15-20-4-3-5-24(14-20)44-30(31,32)33)35-17-23-12-13-34-28(37-23)36-21-8-6-19(7-9-21)18-45(2,42)43/h3-14,16,35H,15,17-18H2,1-2H3,(H,34,36,37)(H,38,39,41). The van der Waals surface area contributed by atoms with Gasteiger partial charge in [-0.2, -0.15) is 13.2 Å². The van der Waals surface area contributed by atoms with Gasteiger partial charge in [0.1, 0.15) is 0 Å². The maximum Gasteiger partial charge on any atom is 0.446 e. The number of hydrogen-bond acceptors (Lipinski definition) is 9. The lowest BCUT2D eigenvalue weighted by molar-refractivity contribution is -0.115. The number of nitrogens with zero attached hydrogens (tertiary/aromatic N) is 4. The average molecular weight is 656 g/mol. The summed E-state index contributed by atoms with van der Waals surface area (Å²) in [6, 6.07) is 20.1. The number of aryl methyl sites for hydroxylation is 1. The van der Waals surface area contributed by atoms with Crippen molar-refractivity contribution in [2.24, 2.45) is 7.05 Å². The van der Waals surface area contributed by atoms with Crippen molar-refractivity contribution >= 4 is 61.8 Å². The number of halogens is 3. The zero-order chi connectivity index (χ0) is 32.2. The third-order valence-electron chi connectivity index (χ3n) is 6.45. The third kappa shape index (κ3) is 9.18. The second kappa shape index (κ2) is 13.2. The lowest BCUT2D eigenvalue weighted by Gasteiger charge is -2.09. The van der Waals surface area contributed by atoms with Crippen LogP contribution in [-0.4, -0.2) is 45.6 Å². The number of rotatable bonds is 11. The Balaban J connectivity index is 1.19. The molecule has 0 spiro atoms. The third-order valence-corrected chi connectivity index (χ3v) is 8.03. The molecule has 3 N–H and O–H groups in total. The van der Waals surface area contributed by atoms with E-state index in [0.717, 1.165) is 16.9 Å². The molecular weight excluding hydrogens is 628 g/mol. The van der Waals surface area contributed by atoms with Crippen LogP contribution < -0.4 is 16.0 Å². The van der Waals surface area contributed by atoms with Crippen molar-refractivity contribution in [2.45, 2.75) is 29.1 Å². The predicted octanol–water partition coefficient (Wildman–Crippen LogP) is 6.06. The lowest BCUT2D eigenvalue weighted by Crippen LogP contribution is -2.17. The van der Waals surface area contributed by atoms with Gasteiger partial charge in [-0.25, -0.2) is 23.4 Å². The van der Waals surface area contributed by atoms with Crippen LogP contribution >= 0.6 is 11.8 Å². The molecule has 0 aliphatic carbocycles. The summed E-state index contributed by atoms with van der Waals surface area (Å²) in [5, 5.41) is 9.16. The van der Waals surface area contributed by atoms with Gasteiger partial charge in [0.05, 0.1) is 35.4 Å². The molecule has 234 valence electrons. The minimum absolute atomic E-state index is 0.0169. The first kappa shape index (κ1) is 31.8. The zero-order valence-electron chi connectivity index (χ0n) is 24.1. The minimum Gasteiger partial charge on any atom is -0.379 e. The Morgan fingerprint density at radius 3 is 2.44 bits per heavy atom. The number of alkyl halides is 3. The van der Waals surface area contributed by atoms with E-state index in [9.17, 15) is 26.4 Å². The molecule has 0 radical (unpaired) electrons. The lowest BCUT2D eigenvalue weighted by atomic mass is 10.1. The number of nitrogens with one attached hydrogen (secondary N) is 3. The molecule has 0 fully saturated rings. The van der Waals surface area contributed by atoms with Gasteiger partial charge in [-0.1, -0.05) is 24.3 Å². The van der Waals surface area contributed by atoms with Crippen LogP contribution in [0.1, 0.15) is 16.8 Å². The molecule has 3 aromatic carbocycles. The number of hydrogen-bond donors (Lipinski definition) is 3. The minimum atomic E-state index is -4.41. The number of thioether (sulfide) groups is 1. The molecule has 1 amide bonds. The van der Waals surface area contributed by atoms with Gasteiger partial charge in [0.15, 0.2) is 9.84 Å². The van der Waals surface area contributed by atoms with Crippen molar-refractivity contribution < 1.29 is 26.4 Å². The first-order chi connectivity index (χ1) is 21.3. The SMILES string of the molecule is Cn1c(NC(=O)Cc2cccc(SC(F)(F)F)c2)nc2cc(NCc3ccnc(Nc4ccc(CS(C)(=O)=O)cc4)n3)ccc21. The Labute approximate surface area is 261 Å². The van der Waals surface area contributed by atoms with Crippen LogP contribution in [0, 0.1) is 0 Å². The summed E-state index contributed by atoms with van der Waals surface area (Å²) >= 11 is -0.222. The molecule has 5 rings (SSSR count). The number of anilines is 4. The highest BCUT2D eigenvalue weighted by atomic mass is 32.2. The average Bonchev–Trinajstić information content (AvgIpc) is 3.25. The van der Waals surface area contributed by atoms with Gasteiger partial charge in [-0.3, -0.25) is 10.1 Å². The number of imidazole rings is 1. The Hall–Kier alpha value is -4.63. The summed E-state index contributed by atoms with van der Waals surface area (Å²) in [5.41, 5.74) is 0.345. The smallest absolute Gasteiger partial charge is 0.379 e. The Kier molecular flexibility index (Phi) is 9.29. The first-order valence-electron chi connectivity index (χ1n) is 13.5. The Bertz CT molecular complexity index is 1950. The normalized spacial score (nSPS) is 11.8. The molecule has 0 bridgehead atoms. The van der Waals surface area contributed by atoms with Gasteiger partial charge in [0.2, 0.25) is 17.8 Å². The van der Waals surface area contributed by atoms with Crippen LogP contribution in [0.3, 0.4) is 0 Å². The maximum absolute atomic E-state index is 12.7. The molecule has 15 heteroatoms. The van der Waals surface area contributed by atoms with Crippen LogP contribution in [0.5, 0.6) is 0 Å². The zero-order valence-corrected chi connectivity index (χ0v) is 25.7. The van der Waals surface area contributed by atoms with Crippen molar-refractivity contribution in [1.29, 1.82) is 0 Å². The number of benzene rings is 3. The van der Waals surface area contributed by atoms with Gasteiger partial charge < -0.3 is 15.2 Å². The summed E-state index contributed by atoms with van der Waals surface area (Å²) in [4.78, 5) is 26.0. The van der Waals surface area contributed by atoms with E-state index in [4.69, 9.17) is 0 Å². The molecule has 0 saturated carbocycles. The summed E-state index contributed by atoms with van der Waals surface area (Å²) < 4.78 is 62.9. The van der Waals surface area contributed by atoms with Crippen molar-refractivity contribution in [1.82, 2.24) is 19.5 Å². The summed E-state index contributed by atoms with van der Waals surface area (Å²) in [5.74, 6) is 0.260. The highest BCUT2D eigenvalue weighted by Crippen LogP contribution is 2.37. The van der Waals surface area contributed by atoms with E-state index in [1.807, 2.05) is 18.2 Å². The van der Waals surface area contributed by atoms with E-state index in [1.54, 1.807) is 54.2 Å². The fourth-order valence-electron chi connectivity index (χ4n) is 4.49. The molecule has 45 heavy (non-hydrogen) atoms. The second-order valence-electron chi connectivity index (χ2n) is 10.2. The van der Waals surface area contributed by atoms with E-state index in [2.05, 4.69) is 30.9 Å². The van der Waals surface area contributed by atoms with Crippen molar-refractivity contribution in [3.8, 4) is 0 Å². The van der Waals surface area contributed by atoms with Gasteiger partial charge in [-0.05, 0) is 71.4 Å². The van der Waals surface area contributed by atoms with E-state index >= 15 is 0 Å². The molecule has 0 aliphatic heterocycles. The topological polar surface area (TPSA) is 131 Å². The van der Waals surface area contributed by atoms with Gasteiger partial charge >= 0.3 is 5.51 Å². The highest BCUT2D eigenvalue weighted by Gasteiger charge is 2.29. The fraction of sp³-hybridized carbons (Fsp3) is 0.200. The molecular formula is C30H28F3N7O3S2. The van der Waals surface area contributed by atoms with Crippen LogP contribution in [0.2, 0.25) is 0 Å². The Morgan fingerprint density at radius 1 is 0.956 bits per heavy atom. The summed E-state index contributed by atoms with van der Waals surface area (Å²) in [6.07, 6.45) is 2.72. The number of fused-ring (bicyclic) bond motifs is 1. The molecule has 2 aromatic heterocycles. The molecule has 10 nitrogen and oxygen atoms in total. The molecule has 0 unspecified atom stereocenters. The molecule has 2 heterocycles. The van der Waals surface area contributed by atoms with Crippen LogP contribution in [0.25, 0.3) is 11.0 Å². The predicted molar refractivity (Wildman–Crippen MR) is 169 cm³/mol. The second-order valence-corrected chi connectivity index (χ2v) is 13.5. The van der Waals surface area contributed by atoms with Crippen molar-refractivity contribution in [3.05, 3.63) is 95.8 Å². The molecule has 0 atom stereocenters. The number of carbonyl (C=O) groups is 1. The number of carbonyl (C=O) groups excluding carboxylic acids is 1. The van der Waals surface area contributed by atoms with Crippen LogP contribution in [0.15, 0.2) is 83.9 Å². The fourth-order valence-corrected chi connectivity index (χ4v) is 5.91. The summed E-state index contributed by atoms with van der Waals surface area (Å²) in [6.45, 7) is 0.387. The van der Waals surface area contributed by atoms with E-state index in [-0.39, 0.29) is 28.8 Å². The number of sulfone groups is 1. The van der Waals surface area contributed by atoms with E-state index in [0.29, 0.717) is 40.8 Å². The first-order valence-corrected chi connectivity index (χ1v) is 16.4. The van der Waals surface area contributed by atoms with Crippen LogP contribution in [0.4, 0.5) is 36.4 Å². The molecule has 5 aromatic rings. The largest absolute Gasteiger partial charge is 0.446 e. The number of aromatic nitrogens is 4. The van der Waals surface area contributed by atoms with Crippen molar-refractivity contribution in [2.75, 3.05) is 22.2 Å². The maximum atomic E-state index is 12.7. The quantitative estimate of drug-likeness (QED) is 0.145. The highest BCUT2D eigenvalue weighted by molar-refractivity contribution is 8.00. The molecule has 0 aliphatic rings. The van der Waals surface area contributed by atoms with Crippen LogP contribution in [-0.2, 0) is 40.4 Å². The van der Waals surface area contributed by atoms with Gasteiger partial charge in [0.25, 0.3) is 0 Å². The monoisotopic (exact) mass is 655 g/mol. The van der Waals surface area contributed by atoms with Gasteiger partial charge in [0, 0.05) is 35.8 Å². The van der Waals surface area contributed by atoms with Crippen molar-refractivity contribution in [3.63, 3.8) is 0 Å². The van der Waals surface area contributed by atoms with Gasteiger partial charge in [-0.15, -0.1) is 0 Å². The van der Waals surface area contributed by atoms with E-state index in [1.165, 1.54) is 24.5 Å². The number of amides is 1. The molecule has 0 saturated heterocycles.